The molecule has 0 spiro atoms. The van der Waals surface area contributed by atoms with Gasteiger partial charge < -0.3 is 4.74 Å². The molecule has 0 saturated carbocycles. The smallest absolute Gasteiger partial charge is 0.433 e. The van der Waals surface area contributed by atoms with Crippen molar-refractivity contribution in [3.8, 4) is 5.75 Å². The van der Waals surface area contributed by atoms with E-state index in [-0.39, 0.29) is 27.2 Å². The normalized spacial score (nSPS) is 12.2. The van der Waals surface area contributed by atoms with Gasteiger partial charge in [0.25, 0.3) is 10.0 Å². The lowest BCUT2D eigenvalue weighted by Gasteiger charge is -2.19. The van der Waals surface area contributed by atoms with Gasteiger partial charge in [0.15, 0.2) is 5.78 Å². The molecular weight excluding hydrogens is 457 g/mol. The summed E-state index contributed by atoms with van der Waals surface area (Å²) in [6, 6.07) is 5.55. The van der Waals surface area contributed by atoms with Gasteiger partial charge in [0.05, 0.1) is 23.6 Å². The molecule has 0 bridgehead atoms. The number of pyridine rings is 2. The SMILES string of the molecule is COc1cccc2c1c(=O)c(C(C)=O)c(SC)n2S(=O)(=O)c1ccc(C(F)(F)F)nc1. The second kappa shape index (κ2) is 8.00. The van der Waals surface area contributed by atoms with Crippen molar-refractivity contribution >= 4 is 38.5 Å². The number of benzene rings is 1. The predicted octanol–water partition coefficient (Wildman–Crippen LogP) is 3.59. The third-order valence-corrected chi connectivity index (χ3v) is 6.99. The zero-order valence-corrected chi connectivity index (χ0v) is 18.0. The molecule has 0 N–H and O–H groups in total. The molecule has 2 heterocycles. The highest BCUT2D eigenvalue weighted by atomic mass is 32.2. The van der Waals surface area contributed by atoms with Gasteiger partial charge in [-0.15, -0.1) is 11.8 Å². The Morgan fingerprint density at radius 1 is 1.19 bits per heavy atom. The van der Waals surface area contributed by atoms with E-state index in [1.165, 1.54) is 31.6 Å². The fourth-order valence-corrected chi connectivity index (χ4v) is 5.64. The predicted molar refractivity (Wildman–Crippen MR) is 108 cm³/mol. The molecule has 0 aliphatic heterocycles. The summed E-state index contributed by atoms with van der Waals surface area (Å²) in [6.45, 7) is 1.12. The molecule has 0 fully saturated rings. The second-order valence-electron chi connectivity index (χ2n) is 6.27. The van der Waals surface area contributed by atoms with Crippen LogP contribution in [-0.4, -0.2) is 36.5 Å². The lowest BCUT2D eigenvalue weighted by molar-refractivity contribution is -0.141. The Labute approximate surface area is 178 Å². The van der Waals surface area contributed by atoms with Crippen LogP contribution in [-0.2, 0) is 16.2 Å². The fraction of sp³-hybridized carbons (Fsp3) is 0.211. The summed E-state index contributed by atoms with van der Waals surface area (Å²) in [6.07, 6.45) is -2.68. The van der Waals surface area contributed by atoms with Gasteiger partial charge in [-0.3, -0.25) is 14.6 Å². The zero-order valence-electron chi connectivity index (χ0n) is 16.4. The number of aromatic nitrogens is 2. The largest absolute Gasteiger partial charge is 0.496 e. The summed E-state index contributed by atoms with van der Waals surface area (Å²) in [5.41, 5.74) is -2.42. The monoisotopic (exact) mass is 472 g/mol. The number of fused-ring (bicyclic) bond motifs is 1. The van der Waals surface area contributed by atoms with Crippen LogP contribution >= 0.6 is 11.8 Å². The molecule has 0 aliphatic carbocycles. The number of Topliss-reactive ketones (excluding diaryl/α,β-unsaturated/α-hetero) is 1. The van der Waals surface area contributed by atoms with Crippen molar-refractivity contribution in [3.63, 3.8) is 0 Å². The summed E-state index contributed by atoms with van der Waals surface area (Å²) < 4.78 is 71.3. The first-order valence-electron chi connectivity index (χ1n) is 8.54. The minimum absolute atomic E-state index is 0.0483. The van der Waals surface area contributed by atoms with Crippen LogP contribution in [0.2, 0.25) is 0 Å². The fourth-order valence-electron chi connectivity index (χ4n) is 3.06. The van der Waals surface area contributed by atoms with E-state index in [1.807, 2.05) is 0 Å². The highest BCUT2D eigenvalue weighted by Gasteiger charge is 2.34. The molecule has 2 aromatic heterocycles. The van der Waals surface area contributed by atoms with E-state index in [2.05, 4.69) is 4.98 Å². The minimum Gasteiger partial charge on any atom is -0.496 e. The van der Waals surface area contributed by atoms with Crippen LogP contribution in [0.25, 0.3) is 10.9 Å². The molecule has 0 amide bonds. The maximum atomic E-state index is 13.4. The van der Waals surface area contributed by atoms with E-state index < -0.39 is 38.0 Å². The van der Waals surface area contributed by atoms with Crippen LogP contribution in [0.5, 0.6) is 5.75 Å². The van der Waals surface area contributed by atoms with Crippen molar-refractivity contribution in [1.82, 2.24) is 8.96 Å². The maximum absolute atomic E-state index is 13.4. The van der Waals surface area contributed by atoms with Crippen molar-refractivity contribution in [2.45, 2.75) is 23.0 Å². The Morgan fingerprint density at radius 2 is 1.87 bits per heavy atom. The summed E-state index contributed by atoms with van der Waals surface area (Å²) in [5.74, 6) is -0.621. The molecule has 164 valence electrons. The third-order valence-electron chi connectivity index (χ3n) is 4.41. The standard InChI is InChI=1S/C19H15F3N2O5S2/c1-10(25)15-17(26)16-12(5-4-6-13(16)29-2)24(18(15)30-3)31(27,28)11-7-8-14(23-9-11)19(20,21)22/h4-9H,1-3H3. The minimum atomic E-state index is -4.74. The Balaban J connectivity index is 2.47. The van der Waals surface area contributed by atoms with Gasteiger partial charge in [-0.1, -0.05) is 6.07 Å². The van der Waals surface area contributed by atoms with Crippen LogP contribution in [0, 0.1) is 0 Å². The first-order chi connectivity index (χ1) is 14.4. The Morgan fingerprint density at radius 3 is 2.35 bits per heavy atom. The molecule has 7 nitrogen and oxygen atoms in total. The lowest BCUT2D eigenvalue weighted by Crippen LogP contribution is -2.25. The molecule has 3 rings (SSSR count). The number of halogens is 3. The average molecular weight is 472 g/mol. The van der Waals surface area contributed by atoms with Crippen LogP contribution in [0.1, 0.15) is 23.0 Å². The molecule has 3 aromatic rings. The van der Waals surface area contributed by atoms with Gasteiger partial charge in [-0.25, -0.2) is 12.4 Å². The Bertz CT molecular complexity index is 1350. The van der Waals surface area contributed by atoms with E-state index in [0.717, 1.165) is 28.7 Å². The van der Waals surface area contributed by atoms with E-state index >= 15 is 0 Å². The summed E-state index contributed by atoms with van der Waals surface area (Å²) in [5, 5.41) is -0.311. The quantitative estimate of drug-likeness (QED) is 0.414. The summed E-state index contributed by atoms with van der Waals surface area (Å²) in [7, 11) is -3.27. The summed E-state index contributed by atoms with van der Waals surface area (Å²) in [4.78, 5) is 28.0. The topological polar surface area (TPSA) is 95.3 Å². The Kier molecular flexibility index (Phi) is 5.89. The highest BCUT2D eigenvalue weighted by molar-refractivity contribution is 7.99. The maximum Gasteiger partial charge on any atom is 0.433 e. The molecule has 0 saturated heterocycles. The van der Waals surface area contributed by atoms with Crippen molar-refractivity contribution in [2.24, 2.45) is 0 Å². The molecular formula is C19H15F3N2O5S2. The number of ether oxygens (including phenoxy) is 1. The number of nitrogens with zero attached hydrogens (tertiary/aromatic N) is 2. The molecule has 0 radical (unpaired) electrons. The molecule has 12 heteroatoms. The van der Waals surface area contributed by atoms with Crippen LogP contribution < -0.4 is 10.2 Å². The number of carbonyl (C=O) groups excluding carboxylic acids is 1. The second-order valence-corrected chi connectivity index (χ2v) is 8.85. The van der Waals surface area contributed by atoms with Crippen LogP contribution in [0.15, 0.2) is 51.2 Å². The number of methoxy groups -OCH3 is 1. The van der Waals surface area contributed by atoms with Gasteiger partial charge in [0.1, 0.15) is 21.4 Å². The van der Waals surface area contributed by atoms with E-state index in [9.17, 15) is 31.2 Å². The van der Waals surface area contributed by atoms with Gasteiger partial charge in [-0.05, 0) is 37.4 Å². The van der Waals surface area contributed by atoms with E-state index in [1.54, 1.807) is 0 Å². The van der Waals surface area contributed by atoms with Crippen LogP contribution in [0.3, 0.4) is 0 Å². The molecule has 0 aliphatic rings. The zero-order chi connectivity index (χ0) is 23.1. The van der Waals surface area contributed by atoms with Crippen molar-refractivity contribution < 1.29 is 31.1 Å². The third kappa shape index (κ3) is 3.81. The van der Waals surface area contributed by atoms with Crippen molar-refractivity contribution in [3.05, 3.63) is 58.0 Å². The van der Waals surface area contributed by atoms with Crippen molar-refractivity contribution in [2.75, 3.05) is 13.4 Å². The average Bonchev–Trinajstić information content (AvgIpc) is 2.71. The molecule has 0 atom stereocenters. The lowest BCUT2D eigenvalue weighted by atomic mass is 10.1. The molecule has 31 heavy (non-hydrogen) atoms. The van der Waals surface area contributed by atoms with Gasteiger partial charge in [-0.2, -0.15) is 13.2 Å². The Hall–Kier alpha value is -2.86. The van der Waals surface area contributed by atoms with Crippen LogP contribution in [0.4, 0.5) is 13.2 Å². The number of carbonyl (C=O) groups is 1. The number of rotatable bonds is 5. The number of hydrogen-bond donors (Lipinski definition) is 0. The molecule has 1 aromatic carbocycles. The molecule has 0 unspecified atom stereocenters. The van der Waals surface area contributed by atoms with Gasteiger partial charge in [0.2, 0.25) is 5.43 Å². The number of thioether (sulfide) groups is 1. The van der Waals surface area contributed by atoms with E-state index in [0.29, 0.717) is 12.3 Å². The van der Waals surface area contributed by atoms with E-state index in [4.69, 9.17) is 4.74 Å². The van der Waals surface area contributed by atoms with Gasteiger partial charge in [0, 0.05) is 6.20 Å². The first kappa shape index (κ1) is 22.8. The number of hydrogen-bond acceptors (Lipinski definition) is 7. The van der Waals surface area contributed by atoms with Gasteiger partial charge >= 0.3 is 6.18 Å². The van der Waals surface area contributed by atoms with Crippen molar-refractivity contribution in [1.29, 1.82) is 0 Å². The number of alkyl halides is 3. The summed E-state index contributed by atoms with van der Waals surface area (Å²) >= 11 is 0.844. The first-order valence-corrected chi connectivity index (χ1v) is 11.2. The highest BCUT2D eigenvalue weighted by Crippen LogP contribution is 2.33. The number of ketones is 1.